The first-order chi connectivity index (χ1) is 19.6. The van der Waals surface area contributed by atoms with Gasteiger partial charge in [-0.25, -0.2) is 0 Å². The Morgan fingerprint density at radius 2 is 1.10 bits per heavy atom. The Morgan fingerprint density at radius 3 is 1.88 bits per heavy atom. The second-order valence-electron chi connectivity index (χ2n) is 11.7. The molecule has 1 heteroatoms. The van der Waals surface area contributed by atoms with Gasteiger partial charge in [-0.2, -0.15) is 0 Å². The second-order valence-corrected chi connectivity index (χ2v) is 12.8. The van der Waals surface area contributed by atoms with E-state index in [1.54, 1.807) is 0 Å². The summed E-state index contributed by atoms with van der Waals surface area (Å²) in [5.41, 5.74) is 8.18. The third kappa shape index (κ3) is 2.85. The number of thiophene rings is 1. The van der Waals surface area contributed by atoms with E-state index in [1.165, 1.54) is 85.9 Å². The molecule has 0 aliphatic heterocycles. The first kappa shape index (κ1) is 22.4. The lowest BCUT2D eigenvalue weighted by Gasteiger charge is -2.22. The molecule has 188 valence electrons. The predicted molar refractivity (Wildman–Crippen MR) is 175 cm³/mol. The van der Waals surface area contributed by atoms with E-state index in [2.05, 4.69) is 135 Å². The fraction of sp³-hybridized carbons (Fsp3) is 0.0769. The second kappa shape index (κ2) is 7.81. The van der Waals surface area contributed by atoms with Crippen LogP contribution in [0.5, 0.6) is 0 Å². The van der Waals surface area contributed by atoms with Crippen LogP contribution >= 0.6 is 11.3 Å². The van der Waals surface area contributed by atoms with Crippen molar-refractivity contribution in [2.24, 2.45) is 0 Å². The molecule has 0 unspecified atom stereocenters. The van der Waals surface area contributed by atoms with Gasteiger partial charge >= 0.3 is 0 Å². The Hall–Kier alpha value is -4.46. The van der Waals surface area contributed by atoms with Crippen LogP contribution in [0, 0.1) is 0 Å². The number of benzene rings is 7. The molecule has 1 aromatic heterocycles. The molecule has 0 fully saturated rings. The van der Waals surface area contributed by atoms with Crippen LogP contribution in [0.25, 0.3) is 74.7 Å². The molecule has 0 spiro atoms. The Morgan fingerprint density at radius 1 is 0.475 bits per heavy atom. The Bertz CT molecular complexity index is 2290. The zero-order valence-electron chi connectivity index (χ0n) is 22.5. The number of rotatable bonds is 1. The van der Waals surface area contributed by atoms with Crippen LogP contribution in [-0.2, 0) is 5.41 Å². The zero-order valence-corrected chi connectivity index (χ0v) is 23.3. The lowest BCUT2D eigenvalue weighted by Crippen LogP contribution is -2.15. The molecule has 1 heterocycles. The van der Waals surface area contributed by atoms with E-state index in [-0.39, 0.29) is 5.41 Å². The van der Waals surface area contributed by atoms with Gasteiger partial charge in [0, 0.05) is 31.0 Å². The maximum absolute atomic E-state index is 2.48. The molecular weight excluding hydrogens is 500 g/mol. The van der Waals surface area contributed by atoms with Crippen molar-refractivity contribution in [3.63, 3.8) is 0 Å². The molecule has 7 aromatic carbocycles. The van der Waals surface area contributed by atoms with Crippen LogP contribution in [-0.4, -0.2) is 0 Å². The van der Waals surface area contributed by atoms with Crippen LogP contribution in [0.2, 0.25) is 0 Å². The minimum absolute atomic E-state index is 0.0790. The predicted octanol–water partition coefficient (Wildman–Crippen LogP) is 11.5. The highest BCUT2D eigenvalue weighted by Crippen LogP contribution is 2.54. The van der Waals surface area contributed by atoms with Crippen LogP contribution in [0.15, 0.2) is 121 Å². The molecule has 0 atom stereocenters. The van der Waals surface area contributed by atoms with E-state index in [4.69, 9.17) is 0 Å². The highest BCUT2D eigenvalue weighted by atomic mass is 32.1. The minimum atomic E-state index is -0.0790. The molecule has 0 saturated carbocycles. The molecule has 0 N–H and O–H groups in total. The summed E-state index contributed by atoms with van der Waals surface area (Å²) >= 11 is 1.92. The number of hydrogen-bond acceptors (Lipinski definition) is 1. The minimum Gasteiger partial charge on any atom is -0.135 e. The van der Waals surface area contributed by atoms with E-state index < -0.39 is 0 Å². The van der Waals surface area contributed by atoms with Gasteiger partial charge in [-0.05, 0) is 78.5 Å². The molecule has 1 aliphatic rings. The van der Waals surface area contributed by atoms with Crippen molar-refractivity contribution in [3.05, 3.63) is 132 Å². The highest BCUT2D eigenvalue weighted by Gasteiger charge is 2.37. The molecular formula is C39H26S. The van der Waals surface area contributed by atoms with Gasteiger partial charge in [0.25, 0.3) is 0 Å². The molecule has 40 heavy (non-hydrogen) atoms. The van der Waals surface area contributed by atoms with Crippen molar-refractivity contribution in [3.8, 4) is 22.3 Å². The fourth-order valence-electron chi connectivity index (χ4n) is 7.30. The molecule has 0 bridgehead atoms. The molecule has 1 aliphatic carbocycles. The molecule has 0 amide bonds. The summed E-state index contributed by atoms with van der Waals surface area (Å²) in [5.74, 6) is 0. The number of fused-ring (bicyclic) bond motifs is 11. The molecule has 9 rings (SSSR count). The summed E-state index contributed by atoms with van der Waals surface area (Å²) in [5, 5.41) is 10.7. The quantitative estimate of drug-likeness (QED) is 0.187. The van der Waals surface area contributed by atoms with E-state index >= 15 is 0 Å². The van der Waals surface area contributed by atoms with Crippen LogP contribution in [0.1, 0.15) is 25.0 Å². The molecule has 8 aromatic rings. The topological polar surface area (TPSA) is 0 Å². The lowest BCUT2D eigenvalue weighted by atomic mass is 9.80. The summed E-state index contributed by atoms with van der Waals surface area (Å²) in [4.78, 5) is 0. The van der Waals surface area contributed by atoms with E-state index in [0.29, 0.717) is 0 Å². The Kier molecular flexibility index (Phi) is 4.37. The summed E-state index contributed by atoms with van der Waals surface area (Å²) < 4.78 is 2.75. The van der Waals surface area contributed by atoms with Crippen LogP contribution in [0.4, 0.5) is 0 Å². The monoisotopic (exact) mass is 526 g/mol. The van der Waals surface area contributed by atoms with Gasteiger partial charge in [-0.3, -0.25) is 0 Å². The van der Waals surface area contributed by atoms with Crippen molar-refractivity contribution < 1.29 is 0 Å². The summed E-state index contributed by atoms with van der Waals surface area (Å²) in [6, 6.07) is 45.4. The SMILES string of the molecule is CC1(C)c2cc(-c3c4ccccc4cc4ccccc34)ccc2-c2c1ccc1c2ccc2c3ccccc3sc12. The normalized spacial score (nSPS) is 13.9. The van der Waals surface area contributed by atoms with Gasteiger partial charge < -0.3 is 0 Å². The van der Waals surface area contributed by atoms with Gasteiger partial charge in [0.2, 0.25) is 0 Å². The van der Waals surface area contributed by atoms with E-state index in [1.807, 2.05) is 11.3 Å². The van der Waals surface area contributed by atoms with Gasteiger partial charge in [0.05, 0.1) is 0 Å². The molecule has 0 radical (unpaired) electrons. The standard InChI is InChI=1S/C39H26S/c1-39(2)33-20-19-31-29(17-18-30-28-13-7-8-14-35(28)40-38(30)31)37(33)32-16-15-25(22-34(32)39)36-26-11-5-3-9-23(26)21-24-10-4-6-12-27(24)36/h3-22H,1-2H3. The number of hydrogen-bond donors (Lipinski definition) is 0. The first-order valence-corrected chi connectivity index (χ1v) is 14.8. The average Bonchev–Trinajstić information content (AvgIpc) is 3.48. The van der Waals surface area contributed by atoms with Crippen molar-refractivity contribution in [2.45, 2.75) is 19.3 Å². The third-order valence-corrected chi connectivity index (χ3v) is 10.5. The van der Waals surface area contributed by atoms with Crippen molar-refractivity contribution >= 4 is 63.8 Å². The highest BCUT2D eigenvalue weighted by molar-refractivity contribution is 7.26. The average molecular weight is 527 g/mol. The van der Waals surface area contributed by atoms with Crippen LogP contribution in [0.3, 0.4) is 0 Å². The first-order valence-electron chi connectivity index (χ1n) is 14.0. The van der Waals surface area contributed by atoms with Crippen molar-refractivity contribution in [2.75, 3.05) is 0 Å². The Labute approximate surface area is 237 Å². The Balaban J connectivity index is 1.33. The van der Waals surface area contributed by atoms with Gasteiger partial charge in [0.15, 0.2) is 0 Å². The maximum atomic E-state index is 2.48. The van der Waals surface area contributed by atoms with E-state index in [9.17, 15) is 0 Å². The van der Waals surface area contributed by atoms with Gasteiger partial charge in [-0.1, -0.05) is 117 Å². The van der Waals surface area contributed by atoms with Crippen molar-refractivity contribution in [1.82, 2.24) is 0 Å². The zero-order chi connectivity index (χ0) is 26.6. The molecule has 0 nitrogen and oxygen atoms in total. The summed E-state index contributed by atoms with van der Waals surface area (Å²) in [6.45, 7) is 4.79. The van der Waals surface area contributed by atoms with Gasteiger partial charge in [-0.15, -0.1) is 11.3 Å². The molecule has 0 saturated heterocycles. The van der Waals surface area contributed by atoms with Gasteiger partial charge in [0.1, 0.15) is 0 Å². The van der Waals surface area contributed by atoms with Crippen LogP contribution < -0.4 is 0 Å². The third-order valence-electron chi connectivity index (χ3n) is 9.24. The summed E-state index contributed by atoms with van der Waals surface area (Å²) in [7, 11) is 0. The maximum Gasteiger partial charge on any atom is 0.0434 e. The van der Waals surface area contributed by atoms with Crippen molar-refractivity contribution in [1.29, 1.82) is 0 Å². The lowest BCUT2D eigenvalue weighted by molar-refractivity contribution is 0.661. The smallest absolute Gasteiger partial charge is 0.0434 e. The summed E-state index contributed by atoms with van der Waals surface area (Å²) in [6.07, 6.45) is 0. The fourth-order valence-corrected chi connectivity index (χ4v) is 8.53. The van der Waals surface area contributed by atoms with E-state index in [0.717, 1.165) is 0 Å². The largest absolute Gasteiger partial charge is 0.135 e.